The maximum atomic E-state index is 12.4. The maximum Gasteiger partial charge on any atom is 0.240 e. The van der Waals surface area contributed by atoms with E-state index in [1.165, 1.54) is 0 Å². The van der Waals surface area contributed by atoms with Gasteiger partial charge in [0, 0.05) is 6.54 Å². The highest BCUT2D eigenvalue weighted by molar-refractivity contribution is 7.89. The fraction of sp³-hybridized carbons (Fsp3) is 0.400. The van der Waals surface area contributed by atoms with E-state index < -0.39 is 10.0 Å². The maximum absolute atomic E-state index is 12.4. The molecule has 0 amide bonds. The summed E-state index contributed by atoms with van der Waals surface area (Å²) in [5, 5.41) is 0. The van der Waals surface area contributed by atoms with E-state index in [4.69, 9.17) is 9.47 Å². The molecule has 0 aliphatic carbocycles. The van der Waals surface area contributed by atoms with Crippen molar-refractivity contribution in [2.45, 2.75) is 38.0 Å². The molecular formula is C20H27NO4S. The minimum atomic E-state index is -3.52. The Hall–Kier alpha value is -2.05. The van der Waals surface area contributed by atoms with Crippen molar-refractivity contribution in [3.05, 3.63) is 54.1 Å². The smallest absolute Gasteiger partial charge is 0.240 e. The molecule has 26 heavy (non-hydrogen) atoms. The van der Waals surface area contributed by atoms with E-state index in [9.17, 15) is 8.42 Å². The van der Waals surface area contributed by atoms with Crippen molar-refractivity contribution in [2.75, 3.05) is 19.8 Å². The van der Waals surface area contributed by atoms with Crippen molar-refractivity contribution >= 4 is 10.0 Å². The Labute approximate surface area is 156 Å². The van der Waals surface area contributed by atoms with Crippen LogP contribution in [0.2, 0.25) is 0 Å². The number of nitrogens with one attached hydrogen (secondary N) is 1. The fourth-order valence-corrected chi connectivity index (χ4v) is 3.41. The van der Waals surface area contributed by atoms with Gasteiger partial charge in [-0.05, 0) is 61.7 Å². The number of rotatable bonds is 11. The van der Waals surface area contributed by atoms with Gasteiger partial charge in [0.25, 0.3) is 0 Å². The van der Waals surface area contributed by atoms with Crippen LogP contribution in [-0.2, 0) is 16.4 Å². The molecule has 142 valence electrons. The van der Waals surface area contributed by atoms with E-state index in [1.807, 2.05) is 31.2 Å². The normalized spacial score (nSPS) is 11.3. The Morgan fingerprint density at radius 3 is 2.12 bits per heavy atom. The molecule has 2 aromatic rings. The van der Waals surface area contributed by atoms with E-state index in [2.05, 4.69) is 11.6 Å². The Morgan fingerprint density at radius 2 is 1.50 bits per heavy atom. The van der Waals surface area contributed by atoms with E-state index in [0.29, 0.717) is 31.9 Å². The highest BCUT2D eigenvalue weighted by Crippen LogP contribution is 2.16. The van der Waals surface area contributed by atoms with Gasteiger partial charge in [-0.2, -0.15) is 0 Å². The van der Waals surface area contributed by atoms with E-state index in [1.54, 1.807) is 24.3 Å². The lowest BCUT2D eigenvalue weighted by Gasteiger charge is -2.09. The second kappa shape index (κ2) is 10.2. The first-order valence-electron chi connectivity index (χ1n) is 8.99. The molecule has 0 fully saturated rings. The molecular weight excluding hydrogens is 350 g/mol. The molecule has 0 heterocycles. The molecule has 6 heteroatoms. The lowest BCUT2D eigenvalue weighted by Crippen LogP contribution is -2.25. The molecule has 0 aliphatic heterocycles. The van der Waals surface area contributed by atoms with Gasteiger partial charge in [-0.1, -0.05) is 25.5 Å². The van der Waals surface area contributed by atoms with Crippen LogP contribution in [0.25, 0.3) is 0 Å². The molecule has 0 saturated carbocycles. The Balaban J connectivity index is 1.85. The highest BCUT2D eigenvalue weighted by Gasteiger charge is 2.13. The Bertz CT molecular complexity index is 755. The number of hydrogen-bond donors (Lipinski definition) is 1. The summed E-state index contributed by atoms with van der Waals surface area (Å²) in [5.74, 6) is 1.50. The first-order valence-corrected chi connectivity index (χ1v) is 10.5. The lowest BCUT2D eigenvalue weighted by molar-refractivity contribution is 0.309. The molecule has 0 radical (unpaired) electrons. The van der Waals surface area contributed by atoms with Gasteiger partial charge in [-0.3, -0.25) is 0 Å². The van der Waals surface area contributed by atoms with Crippen molar-refractivity contribution in [1.29, 1.82) is 0 Å². The number of hydrogen-bond acceptors (Lipinski definition) is 4. The van der Waals surface area contributed by atoms with Crippen molar-refractivity contribution in [1.82, 2.24) is 4.72 Å². The lowest BCUT2D eigenvalue weighted by atomic mass is 10.1. The van der Waals surface area contributed by atoms with Crippen LogP contribution in [0.4, 0.5) is 0 Å². The summed E-state index contributed by atoms with van der Waals surface area (Å²) in [6.45, 7) is 5.64. The second-order valence-electron chi connectivity index (χ2n) is 5.90. The fourth-order valence-electron chi connectivity index (χ4n) is 2.38. The Kier molecular flexibility index (Phi) is 7.94. The van der Waals surface area contributed by atoms with Crippen molar-refractivity contribution in [3.63, 3.8) is 0 Å². The summed E-state index contributed by atoms with van der Waals surface area (Å²) in [4.78, 5) is 0.243. The van der Waals surface area contributed by atoms with Crippen LogP contribution in [0.5, 0.6) is 11.5 Å². The highest BCUT2D eigenvalue weighted by atomic mass is 32.2. The molecule has 2 aromatic carbocycles. The van der Waals surface area contributed by atoms with E-state index >= 15 is 0 Å². The van der Waals surface area contributed by atoms with E-state index in [0.717, 1.165) is 24.2 Å². The van der Waals surface area contributed by atoms with Crippen LogP contribution in [0.1, 0.15) is 32.3 Å². The van der Waals surface area contributed by atoms with Gasteiger partial charge >= 0.3 is 0 Å². The second-order valence-corrected chi connectivity index (χ2v) is 7.67. The third-order valence-corrected chi connectivity index (χ3v) is 5.32. The van der Waals surface area contributed by atoms with Gasteiger partial charge in [0.1, 0.15) is 11.5 Å². The molecule has 1 N–H and O–H groups in total. The van der Waals surface area contributed by atoms with Gasteiger partial charge in [0.2, 0.25) is 10.0 Å². The molecule has 5 nitrogen and oxygen atoms in total. The van der Waals surface area contributed by atoms with Crippen LogP contribution >= 0.6 is 0 Å². The minimum absolute atomic E-state index is 0.243. The topological polar surface area (TPSA) is 64.6 Å². The molecule has 0 atom stereocenters. The molecule has 0 aliphatic rings. The molecule has 2 rings (SSSR count). The molecule has 0 saturated heterocycles. The largest absolute Gasteiger partial charge is 0.494 e. The van der Waals surface area contributed by atoms with Crippen LogP contribution < -0.4 is 14.2 Å². The molecule has 0 aromatic heterocycles. The van der Waals surface area contributed by atoms with Gasteiger partial charge in [-0.25, -0.2) is 13.1 Å². The third-order valence-electron chi connectivity index (χ3n) is 3.84. The van der Waals surface area contributed by atoms with Gasteiger partial charge in [-0.15, -0.1) is 0 Å². The van der Waals surface area contributed by atoms with Crippen LogP contribution in [0.3, 0.4) is 0 Å². The molecule has 0 bridgehead atoms. The van der Waals surface area contributed by atoms with E-state index in [-0.39, 0.29) is 4.90 Å². The zero-order valence-electron chi connectivity index (χ0n) is 15.4. The zero-order valence-corrected chi connectivity index (χ0v) is 16.2. The van der Waals surface area contributed by atoms with Crippen molar-refractivity contribution < 1.29 is 17.9 Å². The molecule has 0 unspecified atom stereocenters. The quantitative estimate of drug-likeness (QED) is 0.605. The van der Waals surface area contributed by atoms with Gasteiger partial charge in [0.15, 0.2) is 0 Å². The summed E-state index contributed by atoms with van der Waals surface area (Å²) < 4.78 is 38.3. The number of ether oxygens (including phenoxy) is 2. The summed E-state index contributed by atoms with van der Waals surface area (Å²) in [6, 6.07) is 14.2. The summed E-state index contributed by atoms with van der Waals surface area (Å²) in [7, 11) is -3.52. The predicted molar refractivity (Wildman–Crippen MR) is 103 cm³/mol. The van der Waals surface area contributed by atoms with Crippen LogP contribution in [0, 0.1) is 0 Å². The van der Waals surface area contributed by atoms with Crippen molar-refractivity contribution in [2.24, 2.45) is 0 Å². The van der Waals surface area contributed by atoms with Crippen LogP contribution in [0.15, 0.2) is 53.4 Å². The monoisotopic (exact) mass is 377 g/mol. The standard InChI is InChI=1S/C20H27NO4S/c1-3-5-16-25-19-10-12-20(13-11-19)26(22,23)21-15-14-17-6-8-18(9-7-17)24-4-2/h6-13,21H,3-5,14-16H2,1-2H3. The van der Waals surface area contributed by atoms with Gasteiger partial charge in [0.05, 0.1) is 18.1 Å². The average molecular weight is 378 g/mol. The number of unbranched alkanes of at least 4 members (excludes halogenated alkanes) is 1. The molecule has 0 spiro atoms. The SMILES string of the molecule is CCCCOc1ccc(S(=O)(=O)NCCc2ccc(OCC)cc2)cc1. The van der Waals surface area contributed by atoms with Gasteiger partial charge < -0.3 is 9.47 Å². The summed E-state index contributed by atoms with van der Waals surface area (Å²) in [5.41, 5.74) is 1.05. The zero-order chi connectivity index (χ0) is 18.8. The summed E-state index contributed by atoms with van der Waals surface area (Å²) in [6.07, 6.45) is 2.65. The van der Waals surface area contributed by atoms with Crippen LogP contribution in [-0.4, -0.2) is 28.2 Å². The minimum Gasteiger partial charge on any atom is -0.494 e. The summed E-state index contributed by atoms with van der Waals surface area (Å²) >= 11 is 0. The first kappa shape index (κ1) is 20.3. The van der Waals surface area contributed by atoms with Crippen molar-refractivity contribution in [3.8, 4) is 11.5 Å². The average Bonchev–Trinajstić information content (AvgIpc) is 2.64. The third kappa shape index (κ3) is 6.35. The predicted octanol–water partition coefficient (Wildman–Crippen LogP) is 3.79. The first-order chi connectivity index (χ1) is 12.5. The number of sulfonamides is 1. The Morgan fingerprint density at radius 1 is 0.885 bits per heavy atom. The number of benzene rings is 2.